The van der Waals surface area contributed by atoms with Crippen LogP contribution >= 0.6 is 15.9 Å². The predicted octanol–water partition coefficient (Wildman–Crippen LogP) is 4.65. The fourth-order valence-electron chi connectivity index (χ4n) is 2.07. The number of halogens is 2. The van der Waals surface area contributed by atoms with Crippen LogP contribution in [0.4, 0.5) is 4.39 Å². The summed E-state index contributed by atoms with van der Waals surface area (Å²) in [6.45, 7) is 7.40. The Kier molecular flexibility index (Phi) is 5.60. The molecule has 1 aromatic rings. The number of hydrogen-bond donors (Lipinski definition) is 1. The van der Waals surface area contributed by atoms with Gasteiger partial charge in [0, 0.05) is 16.6 Å². The van der Waals surface area contributed by atoms with Crippen LogP contribution in [0.2, 0.25) is 0 Å². The molecule has 1 nitrogen and oxygen atoms in total. The molecule has 0 aliphatic carbocycles. The second-order valence-electron chi connectivity index (χ2n) is 4.43. The summed E-state index contributed by atoms with van der Waals surface area (Å²) in [4.78, 5) is 0. The fourth-order valence-corrected chi connectivity index (χ4v) is 2.56. The van der Waals surface area contributed by atoms with Crippen LogP contribution < -0.4 is 5.32 Å². The van der Waals surface area contributed by atoms with Gasteiger partial charge in [-0.2, -0.15) is 0 Å². The molecule has 1 rings (SSSR count). The molecule has 0 fully saturated rings. The molecule has 1 N–H and O–H groups in total. The third-order valence-electron chi connectivity index (χ3n) is 3.70. The molecular weight excluding hydrogens is 281 g/mol. The average Bonchev–Trinajstić information content (AvgIpc) is 2.33. The molecule has 0 unspecified atom stereocenters. The molecule has 0 radical (unpaired) electrons. The summed E-state index contributed by atoms with van der Waals surface area (Å²) in [6.07, 6.45) is 3.33. The Morgan fingerprint density at radius 2 is 1.76 bits per heavy atom. The van der Waals surface area contributed by atoms with Crippen molar-refractivity contribution in [3.05, 3.63) is 34.1 Å². The molecule has 0 saturated heterocycles. The van der Waals surface area contributed by atoms with Crippen molar-refractivity contribution >= 4 is 15.9 Å². The van der Waals surface area contributed by atoms with E-state index in [1.165, 1.54) is 12.1 Å². The summed E-state index contributed by atoms with van der Waals surface area (Å²) in [5.41, 5.74) is 1.31. The highest BCUT2D eigenvalue weighted by Gasteiger charge is 2.22. The molecule has 17 heavy (non-hydrogen) atoms. The largest absolute Gasteiger partial charge is 0.307 e. The molecule has 0 aliphatic rings. The second kappa shape index (κ2) is 6.50. The Morgan fingerprint density at radius 3 is 2.24 bits per heavy atom. The highest BCUT2D eigenvalue weighted by molar-refractivity contribution is 9.10. The SMILES string of the molecule is CCC(CC)(CC)NCc1ccc(F)cc1Br. The molecule has 1 aromatic carbocycles. The van der Waals surface area contributed by atoms with Crippen molar-refractivity contribution < 1.29 is 4.39 Å². The van der Waals surface area contributed by atoms with Gasteiger partial charge in [-0.3, -0.25) is 0 Å². The van der Waals surface area contributed by atoms with Gasteiger partial charge in [-0.25, -0.2) is 4.39 Å². The number of rotatable bonds is 6. The van der Waals surface area contributed by atoms with E-state index in [0.29, 0.717) is 0 Å². The molecule has 96 valence electrons. The normalized spacial score (nSPS) is 11.8. The maximum atomic E-state index is 13.0. The van der Waals surface area contributed by atoms with Crippen LogP contribution in [-0.4, -0.2) is 5.54 Å². The van der Waals surface area contributed by atoms with E-state index in [-0.39, 0.29) is 11.4 Å². The first kappa shape index (κ1) is 14.7. The lowest BCUT2D eigenvalue weighted by atomic mass is 9.89. The van der Waals surface area contributed by atoms with Crippen molar-refractivity contribution in [2.45, 2.75) is 52.1 Å². The van der Waals surface area contributed by atoms with Gasteiger partial charge in [0.05, 0.1) is 0 Å². The van der Waals surface area contributed by atoms with Crippen LogP contribution in [0.25, 0.3) is 0 Å². The predicted molar refractivity (Wildman–Crippen MR) is 74.5 cm³/mol. The first-order valence-corrected chi connectivity index (χ1v) is 7.05. The Hall–Kier alpha value is -0.410. The van der Waals surface area contributed by atoms with Gasteiger partial charge in [0.25, 0.3) is 0 Å². The van der Waals surface area contributed by atoms with Crippen LogP contribution in [0.15, 0.2) is 22.7 Å². The standard InChI is InChI=1S/C14H21BrFN/c1-4-14(5-2,6-3)17-10-11-7-8-12(16)9-13(11)15/h7-9,17H,4-6,10H2,1-3H3. The molecule has 0 spiro atoms. The van der Waals surface area contributed by atoms with Crippen molar-refractivity contribution in [2.24, 2.45) is 0 Å². The summed E-state index contributed by atoms with van der Waals surface area (Å²) in [5, 5.41) is 3.61. The zero-order valence-corrected chi connectivity index (χ0v) is 12.4. The van der Waals surface area contributed by atoms with Gasteiger partial charge in [-0.05, 0) is 37.0 Å². The Morgan fingerprint density at radius 1 is 1.18 bits per heavy atom. The van der Waals surface area contributed by atoms with Crippen LogP contribution in [0.3, 0.4) is 0 Å². The van der Waals surface area contributed by atoms with E-state index < -0.39 is 0 Å². The summed E-state index contributed by atoms with van der Waals surface area (Å²) in [7, 11) is 0. The third-order valence-corrected chi connectivity index (χ3v) is 4.44. The van der Waals surface area contributed by atoms with Gasteiger partial charge in [0.1, 0.15) is 5.82 Å². The molecule has 0 aromatic heterocycles. The van der Waals surface area contributed by atoms with Crippen molar-refractivity contribution in [1.29, 1.82) is 0 Å². The quantitative estimate of drug-likeness (QED) is 0.806. The Labute approximate surface area is 112 Å². The minimum atomic E-state index is -0.201. The van der Waals surface area contributed by atoms with E-state index in [1.54, 1.807) is 0 Å². The number of benzene rings is 1. The van der Waals surface area contributed by atoms with E-state index in [0.717, 1.165) is 35.8 Å². The molecule has 0 bridgehead atoms. The average molecular weight is 302 g/mol. The topological polar surface area (TPSA) is 12.0 Å². The van der Waals surface area contributed by atoms with Crippen molar-refractivity contribution in [3.63, 3.8) is 0 Å². The zero-order valence-electron chi connectivity index (χ0n) is 10.8. The molecule has 0 amide bonds. The molecule has 0 heterocycles. The first-order chi connectivity index (χ1) is 8.06. The van der Waals surface area contributed by atoms with E-state index in [2.05, 4.69) is 42.0 Å². The number of hydrogen-bond acceptors (Lipinski definition) is 1. The zero-order chi connectivity index (χ0) is 12.9. The number of nitrogens with one attached hydrogen (secondary N) is 1. The van der Waals surface area contributed by atoms with Crippen LogP contribution in [0.5, 0.6) is 0 Å². The summed E-state index contributed by atoms with van der Waals surface area (Å²) in [5.74, 6) is -0.201. The molecular formula is C14H21BrFN. The smallest absolute Gasteiger partial charge is 0.124 e. The van der Waals surface area contributed by atoms with Crippen molar-refractivity contribution in [3.8, 4) is 0 Å². The Balaban J connectivity index is 2.72. The summed E-state index contributed by atoms with van der Waals surface area (Å²) in [6, 6.07) is 4.86. The Bertz CT molecular complexity index is 353. The lowest BCUT2D eigenvalue weighted by Gasteiger charge is -2.32. The summed E-state index contributed by atoms with van der Waals surface area (Å²) < 4.78 is 13.8. The first-order valence-electron chi connectivity index (χ1n) is 6.26. The minimum Gasteiger partial charge on any atom is -0.307 e. The lowest BCUT2D eigenvalue weighted by molar-refractivity contribution is 0.288. The van der Waals surface area contributed by atoms with Crippen LogP contribution in [0, 0.1) is 5.82 Å². The molecule has 0 atom stereocenters. The van der Waals surface area contributed by atoms with Crippen LogP contribution in [-0.2, 0) is 6.54 Å². The summed E-state index contributed by atoms with van der Waals surface area (Å²) >= 11 is 3.40. The monoisotopic (exact) mass is 301 g/mol. The van der Waals surface area contributed by atoms with E-state index in [1.807, 2.05) is 6.07 Å². The van der Waals surface area contributed by atoms with Gasteiger partial charge in [0.15, 0.2) is 0 Å². The van der Waals surface area contributed by atoms with Crippen molar-refractivity contribution in [2.75, 3.05) is 0 Å². The van der Waals surface area contributed by atoms with E-state index in [4.69, 9.17) is 0 Å². The molecule has 3 heteroatoms. The molecule has 0 saturated carbocycles. The van der Waals surface area contributed by atoms with Gasteiger partial charge in [-0.15, -0.1) is 0 Å². The maximum Gasteiger partial charge on any atom is 0.124 e. The highest BCUT2D eigenvalue weighted by atomic mass is 79.9. The van der Waals surface area contributed by atoms with E-state index in [9.17, 15) is 4.39 Å². The second-order valence-corrected chi connectivity index (χ2v) is 5.28. The highest BCUT2D eigenvalue weighted by Crippen LogP contribution is 2.22. The fraction of sp³-hybridized carbons (Fsp3) is 0.571. The van der Waals surface area contributed by atoms with Gasteiger partial charge in [0.2, 0.25) is 0 Å². The maximum absolute atomic E-state index is 13.0. The van der Waals surface area contributed by atoms with Gasteiger partial charge in [-0.1, -0.05) is 42.8 Å². The van der Waals surface area contributed by atoms with E-state index >= 15 is 0 Å². The third kappa shape index (κ3) is 3.78. The van der Waals surface area contributed by atoms with Gasteiger partial charge >= 0.3 is 0 Å². The van der Waals surface area contributed by atoms with Crippen LogP contribution in [0.1, 0.15) is 45.6 Å². The minimum absolute atomic E-state index is 0.201. The molecule has 0 aliphatic heterocycles. The van der Waals surface area contributed by atoms with Crippen molar-refractivity contribution in [1.82, 2.24) is 5.32 Å². The lowest BCUT2D eigenvalue weighted by Crippen LogP contribution is -2.43. The van der Waals surface area contributed by atoms with Gasteiger partial charge < -0.3 is 5.32 Å².